The maximum atomic E-state index is 6.28. The summed E-state index contributed by atoms with van der Waals surface area (Å²) < 4.78 is 1.17. The summed E-state index contributed by atoms with van der Waals surface area (Å²) >= 11 is 19.7. The molecule has 0 amide bonds. The molecule has 0 fully saturated rings. The fraction of sp³-hybridized carbons (Fsp3) is 0.143. The fourth-order valence-electron chi connectivity index (χ4n) is 2.07. The number of benzene rings is 1. The summed E-state index contributed by atoms with van der Waals surface area (Å²) in [5.41, 5.74) is 2.71. The first-order chi connectivity index (χ1) is 9.60. The van der Waals surface area contributed by atoms with E-state index in [0.29, 0.717) is 19.7 Å². The Morgan fingerprint density at radius 3 is 2.60 bits per heavy atom. The highest BCUT2D eigenvalue weighted by molar-refractivity contribution is 7.20. The van der Waals surface area contributed by atoms with Crippen LogP contribution >= 0.6 is 46.1 Å². The van der Waals surface area contributed by atoms with Crippen LogP contribution in [0.1, 0.15) is 12.5 Å². The molecule has 2 aromatic heterocycles. The molecule has 0 spiro atoms. The van der Waals surface area contributed by atoms with Gasteiger partial charge in [-0.3, -0.25) is 0 Å². The van der Waals surface area contributed by atoms with Gasteiger partial charge in [-0.25, -0.2) is 9.97 Å². The summed E-state index contributed by atoms with van der Waals surface area (Å²) in [5, 5.41) is 1.28. The van der Waals surface area contributed by atoms with Crippen molar-refractivity contribution in [3.8, 4) is 11.4 Å². The van der Waals surface area contributed by atoms with Gasteiger partial charge >= 0.3 is 0 Å². The molecule has 0 saturated heterocycles. The molecule has 2 nitrogen and oxygen atoms in total. The van der Waals surface area contributed by atoms with Gasteiger partial charge in [0, 0.05) is 5.39 Å². The van der Waals surface area contributed by atoms with Gasteiger partial charge in [-0.15, -0.1) is 11.3 Å². The molecule has 0 unspecified atom stereocenters. The molecular weight excluding hydrogens is 335 g/mol. The van der Waals surface area contributed by atoms with Crippen molar-refractivity contribution in [2.24, 2.45) is 0 Å². The molecule has 3 aromatic rings. The lowest BCUT2D eigenvalue weighted by Gasteiger charge is -2.07. The Kier molecular flexibility index (Phi) is 3.87. The first kappa shape index (κ1) is 14.1. The Bertz CT molecular complexity index is 798. The van der Waals surface area contributed by atoms with Crippen LogP contribution < -0.4 is 0 Å². The third kappa shape index (κ3) is 2.40. The lowest BCUT2D eigenvalue weighted by molar-refractivity contribution is 1.13. The molecular formula is C14H9Cl3N2S. The monoisotopic (exact) mass is 342 g/mol. The van der Waals surface area contributed by atoms with E-state index in [1.165, 1.54) is 11.3 Å². The van der Waals surface area contributed by atoms with E-state index in [9.17, 15) is 0 Å². The van der Waals surface area contributed by atoms with Crippen LogP contribution in [-0.4, -0.2) is 9.97 Å². The number of aryl methyl sites for hydroxylation is 1. The number of thiophene rings is 1. The molecule has 6 heteroatoms. The minimum Gasteiger partial charge on any atom is -0.228 e. The van der Waals surface area contributed by atoms with Crippen LogP contribution in [0.15, 0.2) is 24.3 Å². The van der Waals surface area contributed by atoms with Crippen LogP contribution in [0.2, 0.25) is 13.8 Å². The van der Waals surface area contributed by atoms with Crippen molar-refractivity contribution in [2.45, 2.75) is 13.3 Å². The molecule has 0 aliphatic carbocycles. The fourth-order valence-corrected chi connectivity index (χ4v) is 3.76. The maximum Gasteiger partial charge on any atom is 0.163 e. The van der Waals surface area contributed by atoms with Crippen molar-refractivity contribution in [2.75, 3.05) is 0 Å². The SMILES string of the molecule is CCc1cccc2c(Cl)nc(-c3cc(Cl)sc3Cl)nc12. The topological polar surface area (TPSA) is 25.8 Å². The van der Waals surface area contributed by atoms with Crippen molar-refractivity contribution in [1.82, 2.24) is 9.97 Å². The van der Waals surface area contributed by atoms with Gasteiger partial charge in [0.2, 0.25) is 0 Å². The summed E-state index contributed by atoms with van der Waals surface area (Å²) in [6.07, 6.45) is 0.877. The number of nitrogens with zero attached hydrogens (tertiary/aromatic N) is 2. The molecule has 20 heavy (non-hydrogen) atoms. The summed E-state index contributed by atoms with van der Waals surface area (Å²) in [6, 6.07) is 7.69. The van der Waals surface area contributed by atoms with Gasteiger partial charge in [-0.2, -0.15) is 0 Å². The highest BCUT2D eigenvalue weighted by Gasteiger charge is 2.15. The second-order valence-electron chi connectivity index (χ2n) is 4.24. The summed E-state index contributed by atoms with van der Waals surface area (Å²) in [5.74, 6) is 0.511. The number of rotatable bonds is 2. The molecule has 0 radical (unpaired) electrons. The average Bonchev–Trinajstić information content (AvgIpc) is 2.77. The zero-order chi connectivity index (χ0) is 14.3. The number of fused-ring (bicyclic) bond motifs is 1. The molecule has 1 aromatic carbocycles. The highest BCUT2D eigenvalue weighted by atomic mass is 35.5. The normalized spacial score (nSPS) is 11.2. The number of hydrogen-bond acceptors (Lipinski definition) is 3. The molecule has 0 saturated carbocycles. The molecule has 2 heterocycles. The van der Waals surface area contributed by atoms with Gasteiger partial charge in [0.15, 0.2) is 5.82 Å². The zero-order valence-electron chi connectivity index (χ0n) is 10.5. The van der Waals surface area contributed by atoms with Crippen LogP contribution in [0.25, 0.3) is 22.3 Å². The predicted molar refractivity (Wildman–Crippen MR) is 87.3 cm³/mol. The van der Waals surface area contributed by atoms with Crippen LogP contribution in [0.5, 0.6) is 0 Å². The van der Waals surface area contributed by atoms with Gasteiger partial charge in [-0.05, 0) is 24.1 Å². The Balaban J connectivity index is 2.31. The van der Waals surface area contributed by atoms with E-state index in [4.69, 9.17) is 34.8 Å². The van der Waals surface area contributed by atoms with Crippen molar-refractivity contribution >= 4 is 57.0 Å². The quantitative estimate of drug-likeness (QED) is 0.543. The van der Waals surface area contributed by atoms with Crippen LogP contribution in [0.3, 0.4) is 0 Å². The number of hydrogen-bond donors (Lipinski definition) is 0. The molecule has 102 valence electrons. The third-order valence-corrected chi connectivity index (χ3v) is 4.82. The van der Waals surface area contributed by atoms with E-state index < -0.39 is 0 Å². The maximum absolute atomic E-state index is 6.28. The van der Waals surface area contributed by atoms with Crippen LogP contribution in [0.4, 0.5) is 0 Å². The molecule has 3 rings (SSSR count). The Labute approximate surface area is 135 Å². The average molecular weight is 344 g/mol. The predicted octanol–water partition coefficient (Wildman–Crippen LogP) is 5.88. The number of para-hydroxylation sites is 1. The van der Waals surface area contributed by atoms with Crippen molar-refractivity contribution in [1.29, 1.82) is 0 Å². The van der Waals surface area contributed by atoms with Gasteiger partial charge in [0.1, 0.15) is 9.49 Å². The lowest BCUT2D eigenvalue weighted by Crippen LogP contribution is -1.94. The summed E-state index contributed by atoms with van der Waals surface area (Å²) in [7, 11) is 0. The molecule has 0 N–H and O–H groups in total. The van der Waals surface area contributed by atoms with Crippen molar-refractivity contribution < 1.29 is 0 Å². The molecule has 0 atom stereocenters. The smallest absolute Gasteiger partial charge is 0.163 e. The summed E-state index contributed by atoms with van der Waals surface area (Å²) in [6.45, 7) is 2.08. The number of halogens is 3. The van der Waals surface area contributed by atoms with E-state index >= 15 is 0 Å². The van der Waals surface area contributed by atoms with Crippen molar-refractivity contribution in [3.63, 3.8) is 0 Å². The second kappa shape index (κ2) is 5.49. The van der Waals surface area contributed by atoms with E-state index in [0.717, 1.165) is 28.5 Å². The van der Waals surface area contributed by atoms with Crippen molar-refractivity contribution in [3.05, 3.63) is 43.7 Å². The lowest BCUT2D eigenvalue weighted by atomic mass is 10.1. The Hall–Kier alpha value is -0.870. The van der Waals surface area contributed by atoms with Gasteiger partial charge in [-0.1, -0.05) is 53.9 Å². The van der Waals surface area contributed by atoms with Gasteiger partial charge < -0.3 is 0 Å². The van der Waals surface area contributed by atoms with E-state index in [-0.39, 0.29) is 0 Å². The van der Waals surface area contributed by atoms with Crippen LogP contribution in [0, 0.1) is 0 Å². The van der Waals surface area contributed by atoms with E-state index in [2.05, 4.69) is 16.9 Å². The Morgan fingerprint density at radius 1 is 1.15 bits per heavy atom. The first-order valence-electron chi connectivity index (χ1n) is 6.00. The number of aromatic nitrogens is 2. The minimum atomic E-state index is 0.429. The summed E-state index contributed by atoms with van der Waals surface area (Å²) in [4.78, 5) is 8.96. The third-order valence-electron chi connectivity index (χ3n) is 3.04. The molecule has 0 bridgehead atoms. The van der Waals surface area contributed by atoms with E-state index in [1.807, 2.05) is 18.2 Å². The van der Waals surface area contributed by atoms with Gasteiger partial charge in [0.05, 0.1) is 15.4 Å². The minimum absolute atomic E-state index is 0.429. The largest absolute Gasteiger partial charge is 0.228 e. The zero-order valence-corrected chi connectivity index (χ0v) is 13.5. The standard InChI is InChI=1S/C14H9Cl3N2S/c1-2-7-4-3-5-8-11(7)18-14(19-12(8)16)9-6-10(15)20-13(9)17/h3-6H,2H2,1H3. The highest BCUT2D eigenvalue weighted by Crippen LogP contribution is 2.38. The van der Waals surface area contributed by atoms with Gasteiger partial charge in [0.25, 0.3) is 0 Å². The molecule has 0 aliphatic rings. The Morgan fingerprint density at radius 2 is 1.95 bits per heavy atom. The first-order valence-corrected chi connectivity index (χ1v) is 7.95. The molecule has 0 aliphatic heterocycles. The van der Waals surface area contributed by atoms with Crippen LogP contribution in [-0.2, 0) is 6.42 Å². The second-order valence-corrected chi connectivity index (χ2v) is 6.89. The van der Waals surface area contributed by atoms with E-state index in [1.54, 1.807) is 6.07 Å².